The maximum atomic E-state index is 13.2. The number of hydrogen-bond acceptors (Lipinski definition) is 4. The number of carbonyl (C=O) groups is 3. The van der Waals surface area contributed by atoms with Crippen LogP contribution in [-0.2, 0) is 4.74 Å². The summed E-state index contributed by atoms with van der Waals surface area (Å²) in [6.07, 6.45) is 0. The van der Waals surface area contributed by atoms with E-state index in [1.54, 1.807) is 43.3 Å². The van der Waals surface area contributed by atoms with Gasteiger partial charge in [-0.1, -0.05) is 58.4 Å². The molecule has 1 N–H and O–H groups in total. The number of aromatic amines is 1. The molecule has 0 saturated heterocycles. The van der Waals surface area contributed by atoms with E-state index in [1.807, 2.05) is 12.1 Å². The smallest absolute Gasteiger partial charge is 0.355 e. The molecule has 1 aromatic heterocycles. The van der Waals surface area contributed by atoms with Crippen LogP contribution in [0.4, 0.5) is 0 Å². The number of nitrogens with one attached hydrogen (secondary N) is 1. The number of esters is 1. The summed E-state index contributed by atoms with van der Waals surface area (Å²) in [4.78, 5) is 41.6. The van der Waals surface area contributed by atoms with Crippen molar-refractivity contribution in [1.29, 1.82) is 0 Å². The highest BCUT2D eigenvalue weighted by Gasteiger charge is 2.37. The molecule has 0 atom stereocenters. The third-order valence-electron chi connectivity index (χ3n) is 4.49. The number of carbonyl (C=O) groups excluding carboxylic acids is 3. The van der Waals surface area contributed by atoms with Gasteiger partial charge in [-0.05, 0) is 18.6 Å². The summed E-state index contributed by atoms with van der Waals surface area (Å²) in [5.41, 5.74) is 2.09. The van der Waals surface area contributed by atoms with Crippen molar-refractivity contribution in [2.75, 3.05) is 6.61 Å². The lowest BCUT2D eigenvalue weighted by Gasteiger charge is -2.15. The first kappa shape index (κ1) is 17.4. The fourth-order valence-electron chi connectivity index (χ4n) is 3.34. The predicted octanol–water partition coefficient (Wildman–Crippen LogP) is 4.40. The van der Waals surface area contributed by atoms with Crippen LogP contribution >= 0.6 is 15.9 Å². The predicted molar refractivity (Wildman–Crippen MR) is 103 cm³/mol. The lowest BCUT2D eigenvalue weighted by atomic mass is 9.85. The Morgan fingerprint density at radius 3 is 2.15 bits per heavy atom. The third kappa shape index (κ3) is 2.64. The molecule has 0 saturated carbocycles. The van der Waals surface area contributed by atoms with Gasteiger partial charge in [0.25, 0.3) is 0 Å². The number of H-pyrrole nitrogens is 1. The van der Waals surface area contributed by atoms with Crippen LogP contribution in [0.1, 0.15) is 49.4 Å². The topological polar surface area (TPSA) is 76.2 Å². The summed E-state index contributed by atoms with van der Waals surface area (Å²) in [5, 5.41) is 0. The zero-order valence-electron chi connectivity index (χ0n) is 14.3. The average Bonchev–Trinajstić information content (AvgIpc) is 3.08. The highest BCUT2D eigenvalue weighted by molar-refractivity contribution is 9.10. The Morgan fingerprint density at radius 1 is 0.926 bits per heavy atom. The number of hydrogen-bond donors (Lipinski definition) is 1. The lowest BCUT2D eigenvalue weighted by Crippen LogP contribution is -2.20. The van der Waals surface area contributed by atoms with E-state index in [2.05, 4.69) is 20.9 Å². The Labute approximate surface area is 163 Å². The van der Waals surface area contributed by atoms with Crippen LogP contribution in [0.3, 0.4) is 0 Å². The van der Waals surface area contributed by atoms with Crippen molar-refractivity contribution in [1.82, 2.24) is 4.98 Å². The number of aromatic nitrogens is 1. The molecule has 2 aromatic carbocycles. The van der Waals surface area contributed by atoms with Gasteiger partial charge in [-0.15, -0.1) is 0 Å². The molecule has 27 heavy (non-hydrogen) atoms. The highest BCUT2D eigenvalue weighted by atomic mass is 79.9. The molecule has 1 aliphatic carbocycles. The van der Waals surface area contributed by atoms with Crippen molar-refractivity contribution in [3.8, 4) is 11.1 Å². The SMILES string of the molecule is CCOC(=O)c1[nH]c2c(c1-c1ccccc1Br)C(=O)c1ccccc1C2=O. The van der Waals surface area contributed by atoms with E-state index in [-0.39, 0.29) is 35.1 Å². The van der Waals surface area contributed by atoms with E-state index in [0.717, 1.165) is 0 Å². The van der Waals surface area contributed by atoms with Crippen LogP contribution in [0.2, 0.25) is 0 Å². The van der Waals surface area contributed by atoms with E-state index < -0.39 is 5.97 Å². The van der Waals surface area contributed by atoms with Crippen LogP contribution in [0.15, 0.2) is 53.0 Å². The van der Waals surface area contributed by atoms with Crippen molar-refractivity contribution >= 4 is 33.5 Å². The average molecular weight is 424 g/mol. The van der Waals surface area contributed by atoms with Crippen molar-refractivity contribution in [3.63, 3.8) is 0 Å². The van der Waals surface area contributed by atoms with E-state index in [1.165, 1.54) is 0 Å². The molecule has 1 heterocycles. The molecule has 0 bridgehead atoms. The van der Waals surface area contributed by atoms with E-state index in [9.17, 15) is 14.4 Å². The van der Waals surface area contributed by atoms with Crippen LogP contribution in [0.25, 0.3) is 11.1 Å². The van der Waals surface area contributed by atoms with Gasteiger partial charge in [-0.2, -0.15) is 0 Å². The zero-order chi connectivity index (χ0) is 19.1. The molecule has 0 spiro atoms. The number of ketones is 2. The largest absolute Gasteiger partial charge is 0.461 e. The van der Waals surface area contributed by atoms with Crippen LogP contribution in [-0.4, -0.2) is 29.1 Å². The molecule has 134 valence electrons. The minimum atomic E-state index is -0.609. The van der Waals surface area contributed by atoms with Crippen molar-refractivity contribution < 1.29 is 19.1 Å². The fourth-order valence-corrected chi connectivity index (χ4v) is 3.82. The lowest BCUT2D eigenvalue weighted by molar-refractivity contribution is 0.0521. The Bertz CT molecular complexity index is 1110. The standard InChI is InChI=1S/C21H14BrNO4/c1-2-27-21(26)18-15(13-9-5-6-10-14(13)22)16-17(23-18)20(25)12-8-4-3-7-11(12)19(16)24/h3-10,23H,2H2,1H3. The normalized spacial score (nSPS) is 12.5. The van der Waals surface area contributed by atoms with Gasteiger partial charge < -0.3 is 9.72 Å². The zero-order valence-corrected chi connectivity index (χ0v) is 15.9. The quantitative estimate of drug-likeness (QED) is 0.495. The number of halogens is 1. The van der Waals surface area contributed by atoms with Crippen molar-refractivity contribution in [2.24, 2.45) is 0 Å². The van der Waals surface area contributed by atoms with Gasteiger partial charge >= 0.3 is 5.97 Å². The molecule has 0 amide bonds. The summed E-state index contributed by atoms with van der Waals surface area (Å²) >= 11 is 3.47. The number of fused-ring (bicyclic) bond motifs is 2. The maximum Gasteiger partial charge on any atom is 0.355 e. The summed E-state index contributed by atoms with van der Waals surface area (Å²) in [7, 11) is 0. The third-order valence-corrected chi connectivity index (χ3v) is 5.18. The van der Waals surface area contributed by atoms with E-state index in [0.29, 0.717) is 26.7 Å². The van der Waals surface area contributed by atoms with Crippen molar-refractivity contribution in [2.45, 2.75) is 6.92 Å². The molecule has 0 aliphatic heterocycles. The Kier molecular flexibility index (Phi) is 4.28. The first-order chi connectivity index (χ1) is 13.0. The highest BCUT2D eigenvalue weighted by Crippen LogP contribution is 2.40. The number of ether oxygens (including phenoxy) is 1. The molecular weight excluding hydrogens is 410 g/mol. The molecule has 5 nitrogen and oxygen atoms in total. The second-order valence-corrected chi connectivity index (χ2v) is 6.88. The Balaban J connectivity index is 2.05. The first-order valence-corrected chi connectivity index (χ1v) is 9.20. The second kappa shape index (κ2) is 6.63. The van der Waals surface area contributed by atoms with Gasteiger partial charge in [0.05, 0.1) is 17.9 Å². The molecule has 4 rings (SSSR count). The van der Waals surface area contributed by atoms with Gasteiger partial charge in [0.1, 0.15) is 5.69 Å². The van der Waals surface area contributed by atoms with Gasteiger partial charge in [-0.25, -0.2) is 4.79 Å². The molecule has 0 unspecified atom stereocenters. The summed E-state index contributed by atoms with van der Waals surface area (Å²) < 4.78 is 5.85. The maximum absolute atomic E-state index is 13.2. The monoisotopic (exact) mass is 423 g/mol. The molecule has 1 aliphatic rings. The number of benzene rings is 2. The van der Waals surface area contributed by atoms with Gasteiger partial charge in [0.15, 0.2) is 5.78 Å². The van der Waals surface area contributed by atoms with Gasteiger partial charge in [0.2, 0.25) is 5.78 Å². The fraction of sp³-hybridized carbons (Fsp3) is 0.0952. The van der Waals surface area contributed by atoms with E-state index >= 15 is 0 Å². The molecular formula is C21H14BrNO4. The minimum Gasteiger partial charge on any atom is -0.461 e. The summed E-state index contributed by atoms with van der Waals surface area (Å²) in [6.45, 7) is 1.88. The summed E-state index contributed by atoms with van der Waals surface area (Å²) in [5.74, 6) is -1.22. The summed E-state index contributed by atoms with van der Waals surface area (Å²) in [6, 6.07) is 13.9. The molecule has 0 fully saturated rings. The Hall–Kier alpha value is -2.99. The van der Waals surface area contributed by atoms with Crippen LogP contribution in [0.5, 0.6) is 0 Å². The van der Waals surface area contributed by atoms with Crippen LogP contribution in [0, 0.1) is 0 Å². The van der Waals surface area contributed by atoms with Crippen molar-refractivity contribution in [3.05, 3.63) is 81.1 Å². The number of rotatable bonds is 3. The Morgan fingerprint density at radius 2 is 1.52 bits per heavy atom. The van der Waals surface area contributed by atoms with E-state index in [4.69, 9.17) is 4.74 Å². The van der Waals surface area contributed by atoms with Gasteiger partial charge in [-0.3, -0.25) is 9.59 Å². The molecule has 0 radical (unpaired) electrons. The minimum absolute atomic E-state index is 0.100. The van der Waals surface area contributed by atoms with Gasteiger partial charge in [0, 0.05) is 21.2 Å². The molecule has 3 aromatic rings. The molecule has 6 heteroatoms. The first-order valence-electron chi connectivity index (χ1n) is 8.41. The van der Waals surface area contributed by atoms with Crippen LogP contribution < -0.4 is 0 Å². The second-order valence-electron chi connectivity index (χ2n) is 6.03.